The summed E-state index contributed by atoms with van der Waals surface area (Å²) in [7, 11) is 0. The van der Waals surface area contributed by atoms with Crippen LogP contribution in [0.1, 0.15) is 42.6 Å². The van der Waals surface area contributed by atoms with Crippen molar-refractivity contribution in [1.82, 2.24) is 0 Å². The fraction of sp³-hybridized carbons (Fsp3) is 0.458. The van der Waals surface area contributed by atoms with Gasteiger partial charge in [0.05, 0.1) is 26.4 Å². The molecular formula is C24H30ClNO5. The van der Waals surface area contributed by atoms with Gasteiger partial charge in [-0.25, -0.2) is 4.79 Å². The van der Waals surface area contributed by atoms with Crippen molar-refractivity contribution in [1.29, 1.82) is 0 Å². The maximum absolute atomic E-state index is 12.6. The second kappa shape index (κ2) is 11.4. The number of ether oxygens (including phenoxy) is 4. The van der Waals surface area contributed by atoms with Crippen molar-refractivity contribution in [2.24, 2.45) is 0 Å². The zero-order chi connectivity index (χ0) is 20.8. The molecule has 0 amide bonds. The molecule has 31 heavy (non-hydrogen) atoms. The third-order valence-electron chi connectivity index (χ3n) is 5.57. The zero-order valence-electron chi connectivity index (χ0n) is 17.8. The molecule has 2 aliphatic rings. The highest BCUT2D eigenvalue weighted by Crippen LogP contribution is 2.28. The van der Waals surface area contributed by atoms with Gasteiger partial charge in [-0.05, 0) is 36.8 Å². The van der Waals surface area contributed by atoms with E-state index in [9.17, 15) is 4.79 Å². The van der Waals surface area contributed by atoms with Crippen LogP contribution >= 0.6 is 0 Å². The van der Waals surface area contributed by atoms with Gasteiger partial charge in [0.1, 0.15) is 24.1 Å². The van der Waals surface area contributed by atoms with E-state index in [4.69, 9.17) is 18.9 Å². The first-order valence-corrected chi connectivity index (χ1v) is 10.8. The lowest BCUT2D eigenvalue weighted by molar-refractivity contribution is -0.673. The largest absolute Gasteiger partial charge is 1.00 e. The average Bonchev–Trinajstić information content (AvgIpc) is 2.79. The quantitative estimate of drug-likeness (QED) is 0.582. The minimum absolute atomic E-state index is 0. The monoisotopic (exact) mass is 447 g/mol. The van der Waals surface area contributed by atoms with Crippen LogP contribution in [0.4, 0.5) is 0 Å². The van der Waals surface area contributed by atoms with Crippen LogP contribution in [0.3, 0.4) is 0 Å². The van der Waals surface area contributed by atoms with Crippen molar-refractivity contribution in [2.45, 2.75) is 44.9 Å². The Morgan fingerprint density at radius 3 is 2.58 bits per heavy atom. The van der Waals surface area contributed by atoms with Crippen LogP contribution in [-0.4, -0.2) is 38.4 Å². The van der Waals surface area contributed by atoms with Crippen molar-refractivity contribution in [2.75, 3.05) is 26.4 Å². The van der Waals surface area contributed by atoms with Crippen LogP contribution in [0.2, 0.25) is 0 Å². The second-order valence-corrected chi connectivity index (χ2v) is 7.71. The molecule has 0 aliphatic carbocycles. The Labute approximate surface area is 189 Å². The van der Waals surface area contributed by atoms with Gasteiger partial charge in [-0.1, -0.05) is 18.2 Å². The van der Waals surface area contributed by atoms with Gasteiger partial charge in [0.25, 0.3) is 0 Å². The number of hydrogen-bond donors (Lipinski definition) is 1. The van der Waals surface area contributed by atoms with Crippen molar-refractivity contribution < 1.29 is 41.5 Å². The summed E-state index contributed by atoms with van der Waals surface area (Å²) in [6.07, 6.45) is 2.21. The number of quaternary nitrogens is 1. The maximum Gasteiger partial charge on any atom is 0.352 e. The molecule has 2 aliphatic heterocycles. The number of hydrogen-bond acceptors (Lipinski definition) is 5. The lowest BCUT2D eigenvalue weighted by atomic mass is 10.0. The molecule has 1 fully saturated rings. The highest BCUT2D eigenvalue weighted by atomic mass is 35.5. The molecule has 0 radical (unpaired) electrons. The Balaban J connectivity index is 0.00000272. The number of carbonyl (C=O) groups is 1. The summed E-state index contributed by atoms with van der Waals surface area (Å²) < 4.78 is 22.8. The van der Waals surface area contributed by atoms with E-state index in [1.807, 2.05) is 36.4 Å². The predicted molar refractivity (Wildman–Crippen MR) is 112 cm³/mol. The third-order valence-corrected chi connectivity index (χ3v) is 5.57. The molecule has 6 nitrogen and oxygen atoms in total. The van der Waals surface area contributed by atoms with Crippen LogP contribution in [0.5, 0.6) is 11.5 Å². The third kappa shape index (κ3) is 6.12. The van der Waals surface area contributed by atoms with E-state index in [2.05, 4.69) is 11.4 Å². The van der Waals surface area contributed by atoms with E-state index in [1.165, 1.54) is 11.1 Å². The summed E-state index contributed by atoms with van der Waals surface area (Å²) in [6, 6.07) is 13.6. The SMILES string of the molecule is CCOC(=O)C(Oc1ccc2c(c1)C[NH2+]CC2)c1ccc(OC2CCOCC2)cc1.[Cl-]. The lowest BCUT2D eigenvalue weighted by Gasteiger charge is -2.24. The van der Waals surface area contributed by atoms with Gasteiger partial charge in [-0.15, -0.1) is 0 Å². The number of fused-ring (bicyclic) bond motifs is 1. The van der Waals surface area contributed by atoms with E-state index in [-0.39, 0.29) is 24.5 Å². The topological polar surface area (TPSA) is 70.6 Å². The van der Waals surface area contributed by atoms with Gasteiger partial charge in [-0.3, -0.25) is 0 Å². The number of benzene rings is 2. The van der Waals surface area contributed by atoms with Crippen LogP contribution in [0, 0.1) is 0 Å². The summed E-state index contributed by atoms with van der Waals surface area (Å²) in [5.74, 6) is 1.09. The summed E-state index contributed by atoms with van der Waals surface area (Å²) >= 11 is 0. The van der Waals surface area contributed by atoms with Crippen LogP contribution in [-0.2, 0) is 27.2 Å². The number of halogens is 1. The van der Waals surface area contributed by atoms with E-state index in [0.29, 0.717) is 12.4 Å². The van der Waals surface area contributed by atoms with Crippen LogP contribution < -0.4 is 27.2 Å². The Bertz CT molecular complexity index is 852. The molecular weight excluding hydrogens is 418 g/mol. The zero-order valence-corrected chi connectivity index (χ0v) is 18.6. The van der Waals surface area contributed by atoms with E-state index < -0.39 is 6.10 Å². The Hall–Kier alpha value is -2.28. The molecule has 1 saturated heterocycles. The maximum atomic E-state index is 12.6. The molecule has 2 aromatic rings. The number of nitrogens with two attached hydrogens (primary N) is 1. The molecule has 0 saturated carbocycles. The van der Waals surface area contributed by atoms with E-state index in [0.717, 1.165) is 56.9 Å². The molecule has 2 N–H and O–H groups in total. The molecule has 1 unspecified atom stereocenters. The second-order valence-electron chi connectivity index (χ2n) is 7.71. The summed E-state index contributed by atoms with van der Waals surface area (Å²) in [5.41, 5.74) is 3.37. The van der Waals surface area contributed by atoms with Gasteiger partial charge in [0, 0.05) is 30.4 Å². The van der Waals surface area contributed by atoms with Gasteiger partial charge in [-0.2, -0.15) is 0 Å². The number of esters is 1. The van der Waals surface area contributed by atoms with Crippen molar-refractivity contribution in [3.8, 4) is 11.5 Å². The van der Waals surface area contributed by atoms with E-state index >= 15 is 0 Å². The van der Waals surface area contributed by atoms with Crippen LogP contribution in [0.25, 0.3) is 0 Å². The predicted octanol–water partition coefficient (Wildman–Crippen LogP) is -0.449. The fourth-order valence-corrected chi connectivity index (χ4v) is 3.94. The molecule has 4 rings (SSSR count). The van der Waals surface area contributed by atoms with Gasteiger partial charge in [0.2, 0.25) is 6.10 Å². The minimum Gasteiger partial charge on any atom is -1.00 e. The Morgan fingerprint density at radius 2 is 1.84 bits per heavy atom. The van der Waals surface area contributed by atoms with Gasteiger partial charge in [0.15, 0.2) is 0 Å². The smallest absolute Gasteiger partial charge is 0.352 e. The molecule has 0 spiro atoms. The standard InChI is InChI=1S/C24H29NO5.ClH/c1-2-28-24(26)23(30-22-8-3-17-9-12-25-16-19(17)15-22)18-4-6-20(7-5-18)29-21-10-13-27-14-11-21;/h3-8,15,21,23,25H,2,9-14,16H2,1H3;1H. The molecule has 1 atom stereocenters. The van der Waals surface area contributed by atoms with Crippen molar-refractivity contribution >= 4 is 5.97 Å². The molecule has 2 aromatic carbocycles. The molecule has 0 aromatic heterocycles. The van der Waals surface area contributed by atoms with Crippen molar-refractivity contribution in [3.05, 3.63) is 59.2 Å². The fourth-order valence-electron chi connectivity index (χ4n) is 3.94. The van der Waals surface area contributed by atoms with Gasteiger partial charge >= 0.3 is 5.97 Å². The minimum atomic E-state index is -0.812. The summed E-state index contributed by atoms with van der Waals surface area (Å²) in [6.45, 7) is 5.63. The Kier molecular flexibility index (Phi) is 8.58. The molecule has 7 heteroatoms. The lowest BCUT2D eigenvalue weighted by Crippen LogP contribution is -3.00. The average molecular weight is 448 g/mol. The first kappa shape index (κ1) is 23.4. The molecule has 2 heterocycles. The molecule has 168 valence electrons. The van der Waals surface area contributed by atoms with Gasteiger partial charge < -0.3 is 36.7 Å². The summed E-state index contributed by atoms with van der Waals surface area (Å²) in [4.78, 5) is 12.6. The van der Waals surface area contributed by atoms with Crippen LogP contribution in [0.15, 0.2) is 42.5 Å². The first-order chi connectivity index (χ1) is 14.7. The van der Waals surface area contributed by atoms with E-state index in [1.54, 1.807) is 6.92 Å². The Morgan fingerprint density at radius 1 is 1.10 bits per heavy atom. The van der Waals surface area contributed by atoms with Crippen molar-refractivity contribution in [3.63, 3.8) is 0 Å². The first-order valence-electron chi connectivity index (χ1n) is 10.8. The number of carbonyl (C=O) groups excluding carboxylic acids is 1. The highest BCUT2D eigenvalue weighted by Gasteiger charge is 2.25. The number of rotatable bonds is 7. The summed E-state index contributed by atoms with van der Waals surface area (Å²) in [5, 5.41) is 2.28. The normalized spacial score (nSPS) is 17.1. The molecule has 0 bridgehead atoms. The highest BCUT2D eigenvalue weighted by molar-refractivity contribution is 5.77.